The maximum Gasteiger partial charge on any atom is 0.421 e. The molecule has 0 bridgehead atoms. The molecule has 1 fully saturated rings. The Labute approximate surface area is 183 Å². The number of halogens is 3. The van der Waals surface area contributed by atoms with Crippen LogP contribution in [-0.2, 0) is 28.7 Å². The minimum absolute atomic E-state index is 0.0522. The van der Waals surface area contributed by atoms with Crippen molar-refractivity contribution in [2.45, 2.75) is 58.7 Å². The number of alkyl halides is 3. The van der Waals surface area contributed by atoms with Crippen LogP contribution in [0, 0.1) is 5.92 Å². The Balaban J connectivity index is 1.68. The number of hydrogen-bond acceptors (Lipinski definition) is 5. The predicted octanol–water partition coefficient (Wildman–Crippen LogP) is 4.26. The highest BCUT2D eigenvalue weighted by Crippen LogP contribution is 2.48. The lowest BCUT2D eigenvalue weighted by molar-refractivity contribution is -0.138. The van der Waals surface area contributed by atoms with E-state index in [9.17, 15) is 22.8 Å². The van der Waals surface area contributed by atoms with Crippen LogP contribution in [-0.4, -0.2) is 46.3 Å². The van der Waals surface area contributed by atoms with Gasteiger partial charge in [0.1, 0.15) is 11.3 Å². The first-order valence-corrected chi connectivity index (χ1v) is 10.8. The number of hydrogen-bond donors (Lipinski definition) is 0. The van der Waals surface area contributed by atoms with Gasteiger partial charge in [0, 0.05) is 44.7 Å². The van der Waals surface area contributed by atoms with E-state index >= 15 is 0 Å². The lowest BCUT2D eigenvalue weighted by Crippen LogP contribution is -2.38. The van der Waals surface area contributed by atoms with E-state index in [1.165, 1.54) is 6.92 Å². The highest BCUT2D eigenvalue weighted by Gasteiger charge is 2.46. The zero-order valence-corrected chi connectivity index (χ0v) is 18.3. The summed E-state index contributed by atoms with van der Waals surface area (Å²) >= 11 is 0. The molecule has 3 heterocycles. The van der Waals surface area contributed by atoms with Crippen molar-refractivity contribution >= 4 is 11.9 Å². The molecular weight excluding hydrogens is 427 g/mol. The van der Waals surface area contributed by atoms with Crippen LogP contribution < -0.4 is 0 Å². The van der Waals surface area contributed by atoms with Crippen molar-refractivity contribution in [1.29, 1.82) is 0 Å². The molecule has 2 aromatic rings. The van der Waals surface area contributed by atoms with E-state index in [1.54, 1.807) is 22.7 Å². The van der Waals surface area contributed by atoms with Crippen molar-refractivity contribution in [1.82, 2.24) is 14.7 Å². The number of nitrogens with zero attached hydrogens (tertiary/aromatic N) is 3. The summed E-state index contributed by atoms with van der Waals surface area (Å²) in [7, 11) is 0. The van der Waals surface area contributed by atoms with Crippen LogP contribution >= 0.6 is 0 Å². The third kappa shape index (κ3) is 4.02. The van der Waals surface area contributed by atoms with Gasteiger partial charge in [-0.05, 0) is 31.6 Å². The second-order valence-corrected chi connectivity index (χ2v) is 8.53. The highest BCUT2D eigenvalue weighted by molar-refractivity contribution is 5.92. The molecule has 0 unspecified atom stereocenters. The summed E-state index contributed by atoms with van der Waals surface area (Å²) in [6, 6.07) is 0. The molecule has 0 aromatic carbocycles. The molecule has 1 aliphatic heterocycles. The minimum Gasteiger partial charge on any atom is -0.460 e. The predicted molar refractivity (Wildman–Crippen MR) is 108 cm³/mol. The zero-order valence-electron chi connectivity index (χ0n) is 18.3. The molecule has 1 saturated heterocycles. The fraction of sp³-hybridized carbons (Fsp3) is 0.591. The van der Waals surface area contributed by atoms with Gasteiger partial charge in [0.15, 0.2) is 0 Å². The van der Waals surface area contributed by atoms with Crippen LogP contribution in [0.2, 0.25) is 0 Å². The molecule has 4 rings (SSSR count). The van der Waals surface area contributed by atoms with Crippen LogP contribution in [0.25, 0.3) is 11.3 Å². The van der Waals surface area contributed by atoms with Crippen LogP contribution in [0.15, 0.2) is 10.6 Å². The van der Waals surface area contributed by atoms with Gasteiger partial charge < -0.3 is 14.1 Å². The molecule has 0 radical (unpaired) electrons. The van der Waals surface area contributed by atoms with Crippen LogP contribution in [0.4, 0.5) is 13.2 Å². The fourth-order valence-corrected chi connectivity index (χ4v) is 4.65. The first-order chi connectivity index (χ1) is 15.1. The monoisotopic (exact) mass is 453 g/mol. The number of piperidine rings is 1. The summed E-state index contributed by atoms with van der Waals surface area (Å²) in [6.45, 7) is 6.82. The number of rotatable bonds is 4. The van der Waals surface area contributed by atoms with E-state index in [0.29, 0.717) is 25.2 Å². The van der Waals surface area contributed by atoms with E-state index in [1.807, 2.05) is 6.92 Å². The molecule has 1 atom stereocenters. The van der Waals surface area contributed by atoms with E-state index < -0.39 is 23.5 Å². The fourth-order valence-electron chi connectivity index (χ4n) is 4.65. The number of ether oxygens (including phenoxy) is 1. The van der Waals surface area contributed by atoms with Gasteiger partial charge in [-0.25, -0.2) is 4.79 Å². The normalized spacial score (nSPS) is 18.9. The molecule has 2 aliphatic rings. The first-order valence-electron chi connectivity index (χ1n) is 10.8. The summed E-state index contributed by atoms with van der Waals surface area (Å²) in [6.07, 6.45) is -1.11. The second kappa shape index (κ2) is 8.29. The van der Waals surface area contributed by atoms with Crippen molar-refractivity contribution in [3.8, 4) is 11.3 Å². The molecule has 1 aliphatic carbocycles. The number of carbonyl (C=O) groups is 2. The van der Waals surface area contributed by atoms with E-state index in [-0.39, 0.29) is 47.8 Å². The van der Waals surface area contributed by atoms with Crippen molar-refractivity contribution in [3.05, 3.63) is 28.8 Å². The number of fused-ring (bicyclic) bond motifs is 3. The van der Waals surface area contributed by atoms with Crippen LogP contribution in [0.5, 0.6) is 0 Å². The Morgan fingerprint density at radius 2 is 1.97 bits per heavy atom. The molecule has 0 spiro atoms. The second-order valence-electron chi connectivity index (χ2n) is 8.53. The number of esters is 1. The standard InChI is InChI=1S/C22H26F3N3O4/c1-4-31-21(30)20-18(22(23,24)25)17-16(32-20)9-12(2)15-11-28(26-19(15)17)10-14-5-7-27(8-6-14)13(3)29/h11-12,14H,4-10H2,1-3H3/t12-/m1/s1. The molecule has 174 valence electrons. The Bertz CT molecular complexity index is 1030. The Morgan fingerprint density at radius 3 is 2.56 bits per heavy atom. The SMILES string of the molecule is CCOC(=O)c1oc2c(c1C(F)(F)F)-c1nn(CC3CCN(C(C)=O)CC3)cc1[C@H](C)C2. The number of furan rings is 1. The van der Waals surface area contributed by atoms with Crippen molar-refractivity contribution in [2.24, 2.45) is 5.92 Å². The summed E-state index contributed by atoms with van der Waals surface area (Å²) < 4.78 is 53.9. The Morgan fingerprint density at radius 1 is 1.28 bits per heavy atom. The quantitative estimate of drug-likeness (QED) is 0.647. The largest absolute Gasteiger partial charge is 0.460 e. The van der Waals surface area contributed by atoms with Crippen molar-refractivity contribution in [3.63, 3.8) is 0 Å². The third-order valence-electron chi connectivity index (χ3n) is 6.28. The summed E-state index contributed by atoms with van der Waals surface area (Å²) in [5.74, 6) is -1.59. The average Bonchev–Trinajstić information content (AvgIpc) is 3.30. The molecule has 1 amide bonds. The minimum atomic E-state index is -4.79. The third-order valence-corrected chi connectivity index (χ3v) is 6.28. The van der Waals surface area contributed by atoms with Gasteiger partial charge >= 0.3 is 12.1 Å². The van der Waals surface area contributed by atoms with E-state index in [4.69, 9.17) is 9.15 Å². The maximum atomic E-state index is 14.0. The van der Waals surface area contributed by atoms with Crippen LogP contribution in [0.3, 0.4) is 0 Å². The zero-order chi connectivity index (χ0) is 23.2. The first kappa shape index (κ1) is 22.4. The van der Waals surface area contributed by atoms with E-state index in [2.05, 4.69) is 5.10 Å². The number of likely N-dealkylation sites (tertiary alicyclic amines) is 1. The van der Waals surface area contributed by atoms with Crippen molar-refractivity contribution in [2.75, 3.05) is 19.7 Å². The topological polar surface area (TPSA) is 77.6 Å². The lowest BCUT2D eigenvalue weighted by atomic mass is 9.86. The van der Waals surface area contributed by atoms with Crippen molar-refractivity contribution < 1.29 is 31.9 Å². The van der Waals surface area contributed by atoms with Gasteiger partial charge in [-0.2, -0.15) is 18.3 Å². The summed E-state index contributed by atoms with van der Waals surface area (Å²) in [5.41, 5.74) is -0.343. The van der Waals surface area contributed by atoms with Gasteiger partial charge in [0.05, 0.1) is 17.9 Å². The number of amides is 1. The molecule has 7 nitrogen and oxygen atoms in total. The molecule has 10 heteroatoms. The number of aromatic nitrogens is 2. The molecule has 32 heavy (non-hydrogen) atoms. The summed E-state index contributed by atoms with van der Waals surface area (Å²) in [4.78, 5) is 25.5. The smallest absolute Gasteiger partial charge is 0.421 e. The Kier molecular flexibility index (Phi) is 5.81. The molecular formula is C22H26F3N3O4. The van der Waals surface area contributed by atoms with Gasteiger partial charge in [-0.15, -0.1) is 0 Å². The van der Waals surface area contributed by atoms with Gasteiger partial charge in [-0.1, -0.05) is 6.92 Å². The molecule has 0 N–H and O–H groups in total. The van der Waals surface area contributed by atoms with E-state index in [0.717, 1.165) is 12.8 Å². The molecule has 2 aromatic heterocycles. The number of carbonyl (C=O) groups excluding carboxylic acids is 2. The molecule has 0 saturated carbocycles. The maximum absolute atomic E-state index is 14.0. The highest BCUT2D eigenvalue weighted by atomic mass is 19.4. The van der Waals surface area contributed by atoms with Gasteiger partial charge in [-0.3, -0.25) is 9.48 Å². The average molecular weight is 453 g/mol. The lowest BCUT2D eigenvalue weighted by Gasteiger charge is -2.31. The van der Waals surface area contributed by atoms with Crippen LogP contribution in [0.1, 0.15) is 67.0 Å². The van der Waals surface area contributed by atoms with Gasteiger partial charge in [0.2, 0.25) is 11.7 Å². The van der Waals surface area contributed by atoms with Gasteiger partial charge in [0.25, 0.3) is 0 Å². The Hall–Kier alpha value is -2.78. The summed E-state index contributed by atoms with van der Waals surface area (Å²) in [5, 5.41) is 4.51.